The molecule has 0 unspecified atom stereocenters. The van der Waals surface area contributed by atoms with Crippen LogP contribution in [0.4, 0.5) is 10.3 Å². The van der Waals surface area contributed by atoms with Gasteiger partial charge in [0.2, 0.25) is 5.95 Å². The summed E-state index contributed by atoms with van der Waals surface area (Å²) in [5.41, 5.74) is 1.78. The smallest absolute Gasteiger partial charge is 0.245 e. The van der Waals surface area contributed by atoms with E-state index < -0.39 is 0 Å². The van der Waals surface area contributed by atoms with Crippen LogP contribution in [-0.2, 0) is 20.0 Å². The molecular formula is C11H11BrFN5. The van der Waals surface area contributed by atoms with Crippen molar-refractivity contribution >= 4 is 21.9 Å². The molecule has 0 amide bonds. The third kappa shape index (κ3) is 1.78. The van der Waals surface area contributed by atoms with Crippen LogP contribution in [0.5, 0.6) is 0 Å². The standard InChI is InChI=1S/C11H11BrFN5/c1-17-11(14-15-16-17)18-5-4-7-2-3-9(12)10(13)8(7)6-18/h2-3H,4-6H2,1H3. The fourth-order valence-electron chi connectivity index (χ4n) is 2.23. The lowest BCUT2D eigenvalue weighted by Crippen LogP contribution is -2.33. The van der Waals surface area contributed by atoms with E-state index in [0.29, 0.717) is 17.0 Å². The number of hydrogen-bond acceptors (Lipinski definition) is 4. The summed E-state index contributed by atoms with van der Waals surface area (Å²) in [5.74, 6) is 0.479. The van der Waals surface area contributed by atoms with Crippen molar-refractivity contribution in [3.8, 4) is 0 Å². The summed E-state index contributed by atoms with van der Waals surface area (Å²) in [6, 6.07) is 3.72. The number of benzene rings is 1. The Balaban J connectivity index is 1.98. The number of nitrogens with zero attached hydrogens (tertiary/aromatic N) is 5. The third-order valence-corrected chi connectivity index (χ3v) is 3.79. The Bertz CT molecular complexity index is 597. The summed E-state index contributed by atoms with van der Waals surface area (Å²) in [6.07, 6.45) is 0.798. The molecule has 1 aliphatic rings. The molecule has 1 aromatic carbocycles. The Morgan fingerprint density at radius 1 is 1.39 bits per heavy atom. The largest absolute Gasteiger partial charge is 0.335 e. The zero-order valence-electron chi connectivity index (χ0n) is 9.77. The average molecular weight is 312 g/mol. The van der Waals surface area contributed by atoms with Crippen molar-refractivity contribution in [3.05, 3.63) is 33.5 Å². The predicted molar refractivity (Wildman–Crippen MR) is 67.7 cm³/mol. The lowest BCUT2D eigenvalue weighted by atomic mass is 9.99. The molecular weight excluding hydrogens is 301 g/mol. The summed E-state index contributed by atoms with van der Waals surface area (Å²) < 4.78 is 16.2. The molecule has 0 saturated heterocycles. The van der Waals surface area contributed by atoms with E-state index in [1.807, 2.05) is 11.0 Å². The van der Waals surface area contributed by atoms with Gasteiger partial charge in [-0.25, -0.2) is 9.07 Å². The van der Waals surface area contributed by atoms with Crippen LogP contribution in [0.15, 0.2) is 16.6 Å². The minimum absolute atomic E-state index is 0.188. The maximum absolute atomic E-state index is 14.1. The second-order valence-corrected chi connectivity index (χ2v) is 5.13. The van der Waals surface area contributed by atoms with E-state index in [1.165, 1.54) is 0 Å². The van der Waals surface area contributed by atoms with Gasteiger partial charge in [0.05, 0.1) is 4.47 Å². The third-order valence-electron chi connectivity index (χ3n) is 3.17. The molecule has 18 heavy (non-hydrogen) atoms. The summed E-state index contributed by atoms with van der Waals surface area (Å²) in [5, 5.41) is 11.4. The zero-order valence-corrected chi connectivity index (χ0v) is 11.4. The minimum atomic E-state index is -0.188. The highest BCUT2D eigenvalue weighted by Crippen LogP contribution is 2.28. The number of rotatable bonds is 1. The lowest BCUT2D eigenvalue weighted by Gasteiger charge is -2.29. The monoisotopic (exact) mass is 311 g/mol. The molecule has 7 heteroatoms. The number of halogens is 2. The number of hydrogen-bond donors (Lipinski definition) is 0. The molecule has 1 aliphatic heterocycles. The van der Waals surface area contributed by atoms with Crippen molar-refractivity contribution in [1.82, 2.24) is 20.2 Å². The van der Waals surface area contributed by atoms with E-state index in [0.717, 1.165) is 24.1 Å². The van der Waals surface area contributed by atoms with E-state index in [1.54, 1.807) is 17.8 Å². The van der Waals surface area contributed by atoms with Gasteiger partial charge in [-0.05, 0) is 44.4 Å². The molecule has 1 aromatic heterocycles. The highest BCUT2D eigenvalue weighted by Gasteiger charge is 2.23. The van der Waals surface area contributed by atoms with Crippen LogP contribution in [0.3, 0.4) is 0 Å². The lowest BCUT2D eigenvalue weighted by molar-refractivity contribution is 0.574. The first-order chi connectivity index (χ1) is 8.66. The second kappa shape index (κ2) is 4.31. The van der Waals surface area contributed by atoms with Crippen LogP contribution in [0, 0.1) is 5.82 Å². The van der Waals surface area contributed by atoms with Crippen LogP contribution >= 0.6 is 15.9 Å². The molecule has 0 spiro atoms. The van der Waals surface area contributed by atoms with E-state index >= 15 is 0 Å². The van der Waals surface area contributed by atoms with Gasteiger partial charge in [0.1, 0.15) is 5.82 Å². The number of aryl methyl sites for hydroxylation is 1. The average Bonchev–Trinajstić information content (AvgIpc) is 2.80. The van der Waals surface area contributed by atoms with Gasteiger partial charge in [-0.15, -0.1) is 0 Å². The zero-order chi connectivity index (χ0) is 12.7. The Labute approximate surface area is 112 Å². The summed E-state index contributed by atoms with van der Waals surface area (Å²) in [6.45, 7) is 1.29. The van der Waals surface area contributed by atoms with Crippen molar-refractivity contribution in [2.24, 2.45) is 7.05 Å². The molecule has 0 radical (unpaired) electrons. The Morgan fingerprint density at radius 3 is 2.94 bits per heavy atom. The van der Waals surface area contributed by atoms with Gasteiger partial charge in [0.25, 0.3) is 0 Å². The van der Waals surface area contributed by atoms with Crippen molar-refractivity contribution in [1.29, 1.82) is 0 Å². The molecule has 0 bridgehead atoms. The van der Waals surface area contributed by atoms with Gasteiger partial charge in [0, 0.05) is 25.7 Å². The molecule has 0 fully saturated rings. The fourth-order valence-corrected chi connectivity index (χ4v) is 2.60. The second-order valence-electron chi connectivity index (χ2n) is 4.27. The van der Waals surface area contributed by atoms with Gasteiger partial charge in [-0.3, -0.25) is 0 Å². The first-order valence-electron chi connectivity index (χ1n) is 5.60. The number of anilines is 1. The first kappa shape index (κ1) is 11.6. The predicted octanol–water partition coefficient (Wildman–Crippen LogP) is 1.67. The van der Waals surface area contributed by atoms with Crippen LogP contribution in [0.1, 0.15) is 11.1 Å². The summed E-state index contributed by atoms with van der Waals surface area (Å²) in [4.78, 5) is 1.98. The van der Waals surface area contributed by atoms with Crippen LogP contribution in [-0.4, -0.2) is 26.8 Å². The maximum atomic E-state index is 14.1. The van der Waals surface area contributed by atoms with Gasteiger partial charge in [-0.1, -0.05) is 11.2 Å². The summed E-state index contributed by atoms with van der Waals surface area (Å²) in [7, 11) is 1.78. The van der Waals surface area contributed by atoms with Gasteiger partial charge >= 0.3 is 0 Å². The first-order valence-corrected chi connectivity index (χ1v) is 6.39. The van der Waals surface area contributed by atoms with Crippen molar-refractivity contribution in [3.63, 3.8) is 0 Å². The number of tetrazole rings is 1. The summed E-state index contributed by atoms with van der Waals surface area (Å²) >= 11 is 3.22. The van der Waals surface area contributed by atoms with Gasteiger partial charge < -0.3 is 4.90 Å². The van der Waals surface area contributed by atoms with Gasteiger partial charge in [-0.2, -0.15) is 0 Å². The number of aromatic nitrogens is 4. The molecule has 5 nitrogen and oxygen atoms in total. The highest BCUT2D eigenvalue weighted by molar-refractivity contribution is 9.10. The van der Waals surface area contributed by atoms with Crippen LogP contribution in [0.25, 0.3) is 0 Å². The van der Waals surface area contributed by atoms with Crippen molar-refractivity contribution in [2.75, 3.05) is 11.4 Å². The minimum Gasteiger partial charge on any atom is -0.335 e. The Morgan fingerprint density at radius 2 is 2.22 bits per heavy atom. The van der Waals surface area contributed by atoms with E-state index in [9.17, 15) is 4.39 Å². The SMILES string of the molecule is Cn1nnnc1N1CCc2ccc(Br)c(F)c2C1. The molecule has 3 rings (SSSR count). The molecule has 0 aliphatic carbocycles. The molecule has 0 saturated carbocycles. The molecule has 0 N–H and O–H groups in total. The highest BCUT2D eigenvalue weighted by atomic mass is 79.9. The van der Waals surface area contributed by atoms with E-state index in [-0.39, 0.29) is 5.82 Å². The molecule has 2 heterocycles. The topological polar surface area (TPSA) is 46.8 Å². The quantitative estimate of drug-likeness (QED) is 0.804. The maximum Gasteiger partial charge on any atom is 0.245 e. The normalized spacial score (nSPS) is 14.7. The van der Waals surface area contributed by atoms with Gasteiger partial charge in [0.15, 0.2) is 0 Å². The molecule has 0 atom stereocenters. The van der Waals surface area contributed by atoms with Crippen LogP contribution in [0.2, 0.25) is 0 Å². The van der Waals surface area contributed by atoms with E-state index in [2.05, 4.69) is 31.5 Å². The van der Waals surface area contributed by atoms with Crippen molar-refractivity contribution < 1.29 is 4.39 Å². The van der Waals surface area contributed by atoms with E-state index in [4.69, 9.17) is 0 Å². The van der Waals surface area contributed by atoms with Crippen LogP contribution < -0.4 is 4.90 Å². The van der Waals surface area contributed by atoms with Crippen molar-refractivity contribution in [2.45, 2.75) is 13.0 Å². The molecule has 94 valence electrons. The Hall–Kier alpha value is -1.50. The fraction of sp³-hybridized carbons (Fsp3) is 0.364. The number of fused-ring (bicyclic) bond motifs is 1. The Kier molecular flexibility index (Phi) is 2.77. The molecule has 2 aromatic rings.